The van der Waals surface area contributed by atoms with Crippen LogP contribution in [-0.4, -0.2) is 7.11 Å². The Hall–Kier alpha value is -1.98. The molecule has 1 heterocycles. The summed E-state index contributed by atoms with van der Waals surface area (Å²) in [6, 6.07) is 9.10. The molecule has 3 rings (SSSR count). The molecule has 0 saturated carbocycles. The largest absolute Gasteiger partial charge is 0.497 e. The summed E-state index contributed by atoms with van der Waals surface area (Å²) in [5.74, 6) is -1.26. The number of nitrogens with two attached hydrogens (primary N) is 1. The van der Waals surface area contributed by atoms with Crippen molar-refractivity contribution in [2.75, 3.05) is 7.11 Å². The molecule has 2 aromatic carbocycles. The van der Waals surface area contributed by atoms with E-state index >= 15 is 0 Å². The first-order valence-electron chi connectivity index (χ1n) is 6.36. The van der Waals surface area contributed by atoms with Gasteiger partial charge in [-0.2, -0.15) is 0 Å². The van der Waals surface area contributed by atoms with Crippen molar-refractivity contribution in [1.82, 2.24) is 0 Å². The number of thiophene rings is 1. The number of fused-ring (bicyclic) bond motifs is 1. The van der Waals surface area contributed by atoms with E-state index in [0.717, 1.165) is 27.8 Å². The molecule has 0 aliphatic carbocycles. The zero-order valence-electron chi connectivity index (χ0n) is 11.3. The van der Waals surface area contributed by atoms with E-state index in [2.05, 4.69) is 0 Å². The molecule has 0 spiro atoms. The van der Waals surface area contributed by atoms with E-state index < -0.39 is 17.7 Å². The topological polar surface area (TPSA) is 35.2 Å². The number of methoxy groups -OCH3 is 1. The zero-order valence-corrected chi connectivity index (χ0v) is 12.1. The molecule has 0 fully saturated rings. The molecule has 2 N–H and O–H groups in total. The number of rotatable bonds is 3. The van der Waals surface area contributed by atoms with E-state index in [-0.39, 0.29) is 11.3 Å². The minimum Gasteiger partial charge on any atom is -0.497 e. The third kappa shape index (κ3) is 2.39. The maximum absolute atomic E-state index is 14.1. The van der Waals surface area contributed by atoms with Crippen molar-refractivity contribution >= 4 is 21.4 Å². The number of benzene rings is 2. The molecule has 21 heavy (non-hydrogen) atoms. The van der Waals surface area contributed by atoms with Gasteiger partial charge in [-0.3, -0.25) is 0 Å². The fourth-order valence-corrected chi connectivity index (χ4v) is 3.37. The van der Waals surface area contributed by atoms with Gasteiger partial charge in [0.2, 0.25) is 0 Å². The summed E-state index contributed by atoms with van der Waals surface area (Å²) < 4.78 is 34.2. The summed E-state index contributed by atoms with van der Waals surface area (Å²) >= 11 is 1.51. The first-order valence-corrected chi connectivity index (χ1v) is 7.24. The molecule has 0 aliphatic rings. The minimum absolute atomic E-state index is 0.135. The summed E-state index contributed by atoms with van der Waals surface area (Å²) in [5.41, 5.74) is 6.69. The van der Waals surface area contributed by atoms with E-state index in [1.165, 1.54) is 18.4 Å². The maximum atomic E-state index is 14.1. The molecule has 5 heteroatoms. The van der Waals surface area contributed by atoms with Gasteiger partial charge >= 0.3 is 0 Å². The van der Waals surface area contributed by atoms with Crippen LogP contribution in [0.3, 0.4) is 0 Å². The van der Waals surface area contributed by atoms with Crippen molar-refractivity contribution in [3.63, 3.8) is 0 Å². The van der Waals surface area contributed by atoms with Gasteiger partial charge in [-0.15, -0.1) is 11.3 Å². The predicted octanol–water partition coefficient (Wildman–Crippen LogP) is 4.24. The first kappa shape index (κ1) is 14.0. The van der Waals surface area contributed by atoms with Crippen molar-refractivity contribution in [2.45, 2.75) is 6.04 Å². The van der Waals surface area contributed by atoms with Crippen LogP contribution in [0.5, 0.6) is 5.75 Å². The number of hydrogen-bond acceptors (Lipinski definition) is 3. The number of ether oxygens (including phenoxy) is 1. The molecule has 1 aromatic heterocycles. The van der Waals surface area contributed by atoms with Gasteiger partial charge in [0.1, 0.15) is 17.4 Å². The minimum atomic E-state index is -0.855. The SMILES string of the molecule is COc1cc(F)c(C(N)c2csc3ccccc23)c(F)c1. The zero-order chi connectivity index (χ0) is 15.0. The summed E-state index contributed by atoms with van der Waals surface area (Å²) in [6.45, 7) is 0. The average molecular weight is 305 g/mol. The van der Waals surface area contributed by atoms with Crippen LogP contribution in [0.1, 0.15) is 17.2 Å². The Kier molecular flexibility index (Phi) is 3.61. The van der Waals surface area contributed by atoms with Crippen molar-refractivity contribution in [3.05, 3.63) is 64.5 Å². The van der Waals surface area contributed by atoms with Crippen LogP contribution < -0.4 is 10.5 Å². The van der Waals surface area contributed by atoms with Crippen molar-refractivity contribution in [2.24, 2.45) is 5.73 Å². The molecule has 0 aliphatic heterocycles. The van der Waals surface area contributed by atoms with E-state index in [9.17, 15) is 8.78 Å². The quantitative estimate of drug-likeness (QED) is 0.785. The Labute approximate surface area is 124 Å². The predicted molar refractivity (Wildman–Crippen MR) is 80.8 cm³/mol. The van der Waals surface area contributed by atoms with Crippen molar-refractivity contribution in [3.8, 4) is 5.75 Å². The fourth-order valence-electron chi connectivity index (χ4n) is 2.37. The lowest BCUT2D eigenvalue weighted by atomic mass is 9.98. The molecular weight excluding hydrogens is 292 g/mol. The van der Waals surface area contributed by atoms with Crippen LogP contribution in [0, 0.1) is 11.6 Å². The van der Waals surface area contributed by atoms with Gasteiger partial charge in [-0.1, -0.05) is 18.2 Å². The molecule has 3 aromatic rings. The van der Waals surface area contributed by atoms with Crippen LogP contribution in [0.25, 0.3) is 10.1 Å². The second-order valence-corrected chi connectivity index (χ2v) is 5.58. The number of halogens is 2. The van der Waals surface area contributed by atoms with Gasteiger partial charge < -0.3 is 10.5 Å². The molecule has 0 saturated heterocycles. The lowest BCUT2D eigenvalue weighted by Gasteiger charge is -2.14. The fraction of sp³-hybridized carbons (Fsp3) is 0.125. The highest BCUT2D eigenvalue weighted by Crippen LogP contribution is 2.35. The lowest BCUT2D eigenvalue weighted by Crippen LogP contribution is -2.15. The summed E-state index contributed by atoms with van der Waals surface area (Å²) in [5, 5.41) is 2.77. The molecule has 0 amide bonds. The van der Waals surface area contributed by atoms with E-state index in [1.807, 2.05) is 29.6 Å². The first-order chi connectivity index (χ1) is 10.1. The average Bonchev–Trinajstić information content (AvgIpc) is 2.90. The Morgan fingerprint density at radius 2 is 1.81 bits per heavy atom. The Balaban J connectivity index is 2.12. The normalized spacial score (nSPS) is 12.6. The second kappa shape index (κ2) is 5.42. The molecule has 0 radical (unpaired) electrons. The number of hydrogen-bond donors (Lipinski definition) is 1. The summed E-state index contributed by atoms with van der Waals surface area (Å²) in [4.78, 5) is 0. The van der Waals surface area contributed by atoms with Crippen molar-refractivity contribution < 1.29 is 13.5 Å². The summed E-state index contributed by atoms with van der Waals surface area (Å²) in [7, 11) is 1.36. The molecule has 1 unspecified atom stereocenters. The van der Waals surface area contributed by atoms with Gasteiger partial charge in [0.05, 0.1) is 13.2 Å². The molecular formula is C16H13F2NOS. The second-order valence-electron chi connectivity index (χ2n) is 4.67. The van der Waals surface area contributed by atoms with Crippen LogP contribution in [0.4, 0.5) is 8.78 Å². The highest BCUT2D eigenvalue weighted by Gasteiger charge is 2.22. The Morgan fingerprint density at radius 3 is 2.48 bits per heavy atom. The standard InChI is InChI=1S/C16H13F2NOS/c1-20-9-6-12(17)15(13(18)7-9)16(19)11-8-21-14-5-3-2-4-10(11)14/h2-8,16H,19H2,1H3. The van der Waals surface area contributed by atoms with E-state index in [4.69, 9.17) is 10.5 Å². The highest BCUT2D eigenvalue weighted by atomic mass is 32.1. The highest BCUT2D eigenvalue weighted by molar-refractivity contribution is 7.17. The van der Waals surface area contributed by atoms with Crippen LogP contribution in [-0.2, 0) is 0 Å². The van der Waals surface area contributed by atoms with Crippen LogP contribution >= 0.6 is 11.3 Å². The van der Waals surface area contributed by atoms with E-state index in [0.29, 0.717) is 0 Å². The Morgan fingerprint density at radius 1 is 1.14 bits per heavy atom. The smallest absolute Gasteiger partial charge is 0.134 e. The monoisotopic (exact) mass is 305 g/mol. The molecule has 1 atom stereocenters. The van der Waals surface area contributed by atoms with E-state index in [1.54, 1.807) is 0 Å². The third-order valence-corrected chi connectivity index (χ3v) is 4.43. The molecule has 2 nitrogen and oxygen atoms in total. The van der Waals surface area contributed by atoms with Crippen LogP contribution in [0.15, 0.2) is 41.8 Å². The lowest BCUT2D eigenvalue weighted by molar-refractivity contribution is 0.404. The molecule has 0 bridgehead atoms. The van der Waals surface area contributed by atoms with Gasteiger partial charge in [-0.05, 0) is 22.4 Å². The van der Waals surface area contributed by atoms with Gasteiger partial charge in [0.15, 0.2) is 0 Å². The van der Waals surface area contributed by atoms with Crippen LogP contribution in [0.2, 0.25) is 0 Å². The third-order valence-electron chi connectivity index (χ3n) is 3.45. The Bertz CT molecular complexity index is 777. The van der Waals surface area contributed by atoms with Gasteiger partial charge in [0, 0.05) is 22.4 Å². The van der Waals surface area contributed by atoms with Gasteiger partial charge in [-0.25, -0.2) is 8.78 Å². The van der Waals surface area contributed by atoms with Crippen molar-refractivity contribution in [1.29, 1.82) is 0 Å². The maximum Gasteiger partial charge on any atom is 0.134 e. The van der Waals surface area contributed by atoms with Gasteiger partial charge in [0.25, 0.3) is 0 Å². The molecule has 108 valence electrons. The summed E-state index contributed by atoms with van der Waals surface area (Å²) in [6.07, 6.45) is 0.